The average molecular weight is 800 g/mol. The van der Waals surface area contributed by atoms with Crippen molar-refractivity contribution in [3.63, 3.8) is 0 Å². The third-order valence-electron chi connectivity index (χ3n) is 11.5. The molecule has 0 radical (unpaired) electrons. The van der Waals surface area contributed by atoms with Gasteiger partial charge in [-0.05, 0) is 52.6 Å². The van der Waals surface area contributed by atoms with Crippen molar-refractivity contribution in [2.24, 2.45) is 0 Å². The van der Waals surface area contributed by atoms with Gasteiger partial charge in [0.05, 0.1) is 27.3 Å². The third kappa shape index (κ3) is 5.82. The van der Waals surface area contributed by atoms with Crippen LogP contribution in [-0.2, 0) is 0 Å². The highest BCUT2D eigenvalue weighted by Crippen LogP contribution is 2.46. The molecule has 60 heavy (non-hydrogen) atoms. The molecule has 12 rings (SSSR count). The van der Waals surface area contributed by atoms with Crippen LogP contribution in [0.1, 0.15) is 0 Å². The Morgan fingerprint density at radius 2 is 0.883 bits per heavy atom. The van der Waals surface area contributed by atoms with Crippen LogP contribution in [0.5, 0.6) is 0 Å². The number of pyridine rings is 1. The minimum atomic E-state index is 0.688. The highest BCUT2D eigenvalue weighted by Gasteiger charge is 2.19. The van der Waals surface area contributed by atoms with E-state index < -0.39 is 0 Å². The zero-order chi connectivity index (χ0) is 39.6. The van der Waals surface area contributed by atoms with Gasteiger partial charge in [-0.3, -0.25) is 0 Å². The molecule has 0 N–H and O–H groups in total. The Hall–Kier alpha value is -7.31. The highest BCUT2D eigenvalue weighted by atomic mass is 32.1. The topological polar surface area (TPSA) is 38.7 Å². The quantitative estimate of drug-likeness (QED) is 0.168. The maximum atomic E-state index is 5.34. The summed E-state index contributed by atoms with van der Waals surface area (Å²) in [7, 11) is 0. The lowest BCUT2D eigenvalue weighted by Crippen LogP contribution is -1.96. The van der Waals surface area contributed by atoms with E-state index in [2.05, 4.69) is 194 Å². The van der Waals surface area contributed by atoms with Crippen LogP contribution in [0.4, 0.5) is 0 Å². The summed E-state index contributed by atoms with van der Waals surface area (Å²) in [4.78, 5) is 15.8. The normalized spacial score (nSPS) is 11.7. The van der Waals surface area contributed by atoms with Crippen molar-refractivity contribution in [1.82, 2.24) is 15.0 Å². The first-order valence-electron chi connectivity index (χ1n) is 20.1. The van der Waals surface area contributed by atoms with Crippen LogP contribution >= 0.6 is 22.7 Å². The van der Waals surface area contributed by atoms with E-state index in [1.807, 2.05) is 28.7 Å². The predicted octanol–water partition coefficient (Wildman–Crippen LogP) is 15.8. The van der Waals surface area contributed by atoms with Crippen molar-refractivity contribution in [2.75, 3.05) is 0 Å². The van der Waals surface area contributed by atoms with Crippen LogP contribution in [0.25, 0.3) is 119 Å². The summed E-state index contributed by atoms with van der Waals surface area (Å²) in [5.41, 5.74) is 12.7. The third-order valence-corrected chi connectivity index (χ3v) is 13.9. The fourth-order valence-corrected chi connectivity index (χ4v) is 11.1. The van der Waals surface area contributed by atoms with Gasteiger partial charge in [0.2, 0.25) is 0 Å². The molecule has 0 bridgehead atoms. The Kier molecular flexibility index (Phi) is 8.22. The smallest absolute Gasteiger partial charge is 0.160 e. The van der Waals surface area contributed by atoms with Gasteiger partial charge in [-0.25, -0.2) is 15.0 Å². The number of aromatic nitrogens is 3. The molecule has 0 aliphatic carbocycles. The van der Waals surface area contributed by atoms with Crippen LogP contribution in [0.2, 0.25) is 0 Å². The van der Waals surface area contributed by atoms with Crippen LogP contribution in [0.15, 0.2) is 200 Å². The average Bonchev–Trinajstić information content (AvgIpc) is 3.91. The van der Waals surface area contributed by atoms with Gasteiger partial charge in [-0.15, -0.1) is 22.7 Å². The molecule has 0 amide bonds. The van der Waals surface area contributed by atoms with Gasteiger partial charge in [0.1, 0.15) is 0 Å². The summed E-state index contributed by atoms with van der Waals surface area (Å²) in [6.07, 6.45) is 0. The van der Waals surface area contributed by atoms with Crippen LogP contribution in [0, 0.1) is 0 Å². The first-order chi connectivity index (χ1) is 29.7. The SMILES string of the molecule is c1ccc(-c2cc(-c3cccc(-c4cccc5c4sc4ccccc45)c3)nc(-c3ccc(-c4cccc5nc(-c6ccccc6)c6sc7ccccc7c6c45)cc3)n2)cc1. The molecule has 0 unspecified atom stereocenters. The maximum absolute atomic E-state index is 5.34. The fraction of sp³-hybridized carbons (Fsp3) is 0. The van der Waals surface area contributed by atoms with Gasteiger partial charge in [-0.1, -0.05) is 170 Å². The maximum Gasteiger partial charge on any atom is 0.160 e. The number of nitrogens with zero attached hydrogens (tertiary/aromatic N) is 3. The van der Waals surface area contributed by atoms with Gasteiger partial charge in [-0.2, -0.15) is 0 Å². The summed E-state index contributed by atoms with van der Waals surface area (Å²) in [5, 5.41) is 6.29. The molecule has 0 aliphatic heterocycles. The van der Waals surface area contributed by atoms with Gasteiger partial charge >= 0.3 is 0 Å². The minimum Gasteiger partial charge on any atom is -0.246 e. The molecule has 0 spiro atoms. The zero-order valence-corrected chi connectivity index (χ0v) is 33.8. The van der Waals surface area contributed by atoms with Crippen LogP contribution < -0.4 is 0 Å². The van der Waals surface area contributed by atoms with Gasteiger partial charge in [0, 0.05) is 63.3 Å². The largest absolute Gasteiger partial charge is 0.246 e. The van der Waals surface area contributed by atoms with Crippen molar-refractivity contribution < 1.29 is 0 Å². The van der Waals surface area contributed by atoms with Crippen molar-refractivity contribution in [3.05, 3.63) is 200 Å². The second-order valence-corrected chi connectivity index (χ2v) is 17.2. The Balaban J connectivity index is 0.983. The first kappa shape index (κ1) is 34.7. The van der Waals surface area contributed by atoms with Crippen molar-refractivity contribution in [3.8, 4) is 67.4 Å². The Morgan fingerprint density at radius 1 is 0.317 bits per heavy atom. The van der Waals surface area contributed by atoms with Gasteiger partial charge in [0.25, 0.3) is 0 Å². The molecule has 0 aliphatic rings. The monoisotopic (exact) mass is 799 g/mol. The molecule has 0 saturated carbocycles. The number of thiophene rings is 2. The lowest BCUT2D eigenvalue weighted by atomic mass is 9.95. The Labute approximate surface area is 354 Å². The molecule has 3 nitrogen and oxygen atoms in total. The summed E-state index contributed by atoms with van der Waals surface area (Å²) < 4.78 is 5.08. The Morgan fingerprint density at radius 3 is 1.68 bits per heavy atom. The molecular formula is C55H33N3S2. The van der Waals surface area contributed by atoms with E-state index in [1.54, 1.807) is 0 Å². The lowest BCUT2D eigenvalue weighted by Gasteiger charge is -2.13. The molecule has 4 heterocycles. The number of rotatable bonds is 6. The lowest BCUT2D eigenvalue weighted by molar-refractivity contribution is 1.18. The highest BCUT2D eigenvalue weighted by molar-refractivity contribution is 7.26. The second-order valence-electron chi connectivity index (χ2n) is 15.1. The number of hydrogen-bond donors (Lipinski definition) is 0. The standard InChI is InChI=1S/C55H33N3S2/c1-3-14-35(15-4-1)46-33-47(39-19-11-18-38(32-39)41-23-12-24-43-42-20-7-9-26-48(42)59-53(41)43)58-55(57-46)37-30-28-34(29-31-37)40-22-13-25-45-50(40)51-44-21-8-10-27-49(44)60-54(51)52(56-45)36-16-5-2-6-17-36/h1-33H. The molecule has 5 heteroatoms. The second kappa shape index (κ2) is 14.2. The van der Waals surface area contributed by atoms with Crippen molar-refractivity contribution in [1.29, 1.82) is 0 Å². The Bertz CT molecular complexity index is 3590. The van der Waals surface area contributed by atoms with Crippen LogP contribution in [0.3, 0.4) is 0 Å². The van der Waals surface area contributed by atoms with Gasteiger partial charge < -0.3 is 0 Å². The molecule has 280 valence electrons. The molecule has 0 atom stereocenters. The van der Waals surface area contributed by atoms with E-state index in [0.717, 1.165) is 56.0 Å². The minimum absolute atomic E-state index is 0.688. The van der Waals surface area contributed by atoms with Crippen LogP contribution in [-0.4, -0.2) is 15.0 Å². The molecule has 0 saturated heterocycles. The zero-order valence-electron chi connectivity index (χ0n) is 32.2. The van der Waals surface area contributed by atoms with Crippen molar-refractivity contribution >= 4 is 73.9 Å². The fourth-order valence-electron chi connectivity index (χ4n) is 8.66. The number of fused-ring (bicyclic) bond motifs is 8. The molecule has 0 fully saturated rings. The molecule has 4 aromatic heterocycles. The predicted molar refractivity (Wildman–Crippen MR) is 256 cm³/mol. The summed E-state index contributed by atoms with van der Waals surface area (Å²) >= 11 is 3.68. The summed E-state index contributed by atoms with van der Waals surface area (Å²) in [6, 6.07) is 71.1. The van der Waals surface area contributed by atoms with E-state index >= 15 is 0 Å². The number of benzene rings is 8. The van der Waals surface area contributed by atoms with Crippen molar-refractivity contribution in [2.45, 2.75) is 0 Å². The molecule has 12 aromatic rings. The molecule has 8 aromatic carbocycles. The van der Waals surface area contributed by atoms with Gasteiger partial charge in [0.15, 0.2) is 5.82 Å². The van der Waals surface area contributed by atoms with E-state index in [-0.39, 0.29) is 0 Å². The number of hydrogen-bond acceptors (Lipinski definition) is 5. The van der Waals surface area contributed by atoms with E-state index in [0.29, 0.717) is 5.82 Å². The van der Waals surface area contributed by atoms with E-state index in [1.165, 1.54) is 56.9 Å². The first-order valence-corrected chi connectivity index (χ1v) is 21.7. The summed E-state index contributed by atoms with van der Waals surface area (Å²) in [5.74, 6) is 0.688. The summed E-state index contributed by atoms with van der Waals surface area (Å²) in [6.45, 7) is 0. The molecular weight excluding hydrogens is 767 g/mol. The van der Waals surface area contributed by atoms with E-state index in [4.69, 9.17) is 15.0 Å². The van der Waals surface area contributed by atoms with E-state index in [9.17, 15) is 0 Å².